The number of hydrogen-bond acceptors (Lipinski definition) is 3. The smallest absolute Gasteiger partial charge is 0.335 e. The van der Waals surface area contributed by atoms with E-state index in [1.807, 2.05) is 48.5 Å². The van der Waals surface area contributed by atoms with E-state index in [9.17, 15) is 28.3 Å². The van der Waals surface area contributed by atoms with Gasteiger partial charge in [0.25, 0.3) is 5.92 Å². The molecular weight excluding hydrogens is 528 g/mol. The van der Waals surface area contributed by atoms with Gasteiger partial charge in [-0.3, -0.25) is 4.79 Å². The second-order valence-electron chi connectivity index (χ2n) is 11.3. The Balaban J connectivity index is 1.22. The van der Waals surface area contributed by atoms with Crippen LogP contribution < -0.4 is 10.6 Å². The number of halogens is 2. The van der Waals surface area contributed by atoms with Gasteiger partial charge in [0.2, 0.25) is 5.91 Å². The number of carboxylic acids is 1. The Morgan fingerprint density at radius 3 is 2.49 bits per heavy atom. The molecular formula is C32H31F2N3O4. The molecule has 41 heavy (non-hydrogen) atoms. The fourth-order valence-electron chi connectivity index (χ4n) is 6.07. The molecule has 1 aliphatic heterocycles. The van der Waals surface area contributed by atoms with Crippen LogP contribution in [0.15, 0.2) is 66.7 Å². The largest absolute Gasteiger partial charge is 0.478 e. The lowest BCUT2D eigenvalue weighted by Crippen LogP contribution is -2.54. The molecule has 7 nitrogen and oxygen atoms in total. The van der Waals surface area contributed by atoms with Crippen LogP contribution in [0.4, 0.5) is 13.6 Å². The predicted octanol–water partition coefficient (Wildman–Crippen LogP) is 5.34. The van der Waals surface area contributed by atoms with Crippen LogP contribution in [-0.2, 0) is 24.3 Å². The van der Waals surface area contributed by atoms with Crippen molar-refractivity contribution in [2.75, 3.05) is 6.54 Å². The van der Waals surface area contributed by atoms with Gasteiger partial charge in [-0.15, -0.1) is 0 Å². The van der Waals surface area contributed by atoms with Gasteiger partial charge in [-0.25, -0.2) is 18.4 Å². The van der Waals surface area contributed by atoms with Crippen molar-refractivity contribution in [1.82, 2.24) is 15.5 Å². The molecule has 0 unspecified atom stereocenters. The molecule has 3 aromatic carbocycles. The number of carboxylic acid groups (broad SMARTS) is 1. The molecule has 2 fully saturated rings. The third kappa shape index (κ3) is 5.66. The molecule has 2 saturated carbocycles. The van der Waals surface area contributed by atoms with Crippen LogP contribution in [0.1, 0.15) is 57.8 Å². The molecule has 0 aromatic heterocycles. The molecule has 0 saturated heterocycles. The summed E-state index contributed by atoms with van der Waals surface area (Å²) in [5.74, 6) is -3.61. The highest BCUT2D eigenvalue weighted by atomic mass is 19.3. The second kappa shape index (κ2) is 10.6. The number of urea groups is 1. The number of carbonyl (C=O) groups is 3. The van der Waals surface area contributed by atoms with Crippen LogP contribution in [0.2, 0.25) is 0 Å². The maximum absolute atomic E-state index is 13.3. The quantitative estimate of drug-likeness (QED) is 0.364. The lowest BCUT2D eigenvalue weighted by atomic mass is 9.87. The van der Waals surface area contributed by atoms with Crippen molar-refractivity contribution in [2.45, 2.75) is 56.7 Å². The third-order valence-electron chi connectivity index (χ3n) is 8.44. The number of fused-ring (bicyclic) bond motifs is 1. The van der Waals surface area contributed by atoms with E-state index in [1.165, 1.54) is 0 Å². The van der Waals surface area contributed by atoms with Crippen LogP contribution in [0, 0.1) is 5.92 Å². The van der Waals surface area contributed by atoms with E-state index in [2.05, 4.69) is 10.6 Å². The molecule has 6 rings (SSSR count). The van der Waals surface area contributed by atoms with E-state index < -0.39 is 17.9 Å². The van der Waals surface area contributed by atoms with E-state index >= 15 is 0 Å². The summed E-state index contributed by atoms with van der Waals surface area (Å²) in [6.45, 7) is 0.946. The lowest BCUT2D eigenvalue weighted by Gasteiger charge is -2.38. The zero-order valence-electron chi connectivity index (χ0n) is 22.4. The first-order valence-corrected chi connectivity index (χ1v) is 13.9. The molecule has 0 radical (unpaired) electrons. The third-order valence-corrected chi connectivity index (χ3v) is 8.44. The van der Waals surface area contributed by atoms with Gasteiger partial charge < -0.3 is 20.6 Å². The molecule has 3 N–H and O–H groups in total. The average Bonchev–Trinajstić information content (AvgIpc) is 3.76. The first-order valence-electron chi connectivity index (χ1n) is 13.9. The molecule has 1 heterocycles. The van der Waals surface area contributed by atoms with Gasteiger partial charge in [0.05, 0.1) is 5.56 Å². The van der Waals surface area contributed by atoms with E-state index in [1.54, 1.807) is 23.1 Å². The van der Waals surface area contributed by atoms with Gasteiger partial charge in [-0.2, -0.15) is 0 Å². The number of benzene rings is 3. The van der Waals surface area contributed by atoms with Crippen molar-refractivity contribution in [1.29, 1.82) is 0 Å². The summed E-state index contributed by atoms with van der Waals surface area (Å²) in [7, 11) is 0. The van der Waals surface area contributed by atoms with Gasteiger partial charge >= 0.3 is 12.0 Å². The number of aromatic carboxylic acids is 1. The van der Waals surface area contributed by atoms with Crippen molar-refractivity contribution >= 4 is 17.9 Å². The van der Waals surface area contributed by atoms with Gasteiger partial charge in [0.15, 0.2) is 0 Å². The van der Waals surface area contributed by atoms with E-state index in [0.717, 1.165) is 39.8 Å². The van der Waals surface area contributed by atoms with Gasteiger partial charge in [-0.05, 0) is 64.3 Å². The van der Waals surface area contributed by atoms with Crippen molar-refractivity contribution in [2.24, 2.45) is 5.92 Å². The number of carbonyl (C=O) groups excluding carboxylic acids is 2. The normalized spacial score (nSPS) is 20.9. The Morgan fingerprint density at radius 1 is 0.976 bits per heavy atom. The average molecular weight is 560 g/mol. The Hall–Kier alpha value is -4.27. The molecule has 3 amide bonds. The summed E-state index contributed by atoms with van der Waals surface area (Å²) < 4.78 is 26.6. The first-order chi connectivity index (χ1) is 19.7. The molecule has 3 aliphatic rings. The van der Waals surface area contributed by atoms with E-state index in [-0.39, 0.29) is 48.7 Å². The number of hydrogen-bond donors (Lipinski definition) is 3. The maximum atomic E-state index is 13.3. The minimum Gasteiger partial charge on any atom is -0.478 e. The number of amides is 3. The highest BCUT2D eigenvalue weighted by Crippen LogP contribution is 2.47. The molecule has 0 bridgehead atoms. The topological polar surface area (TPSA) is 98.7 Å². The zero-order valence-corrected chi connectivity index (χ0v) is 22.4. The minimum atomic E-state index is -2.72. The highest BCUT2D eigenvalue weighted by Gasteiger charge is 2.46. The standard InChI is InChI=1S/C32H31F2N3O4/c33-32(34)15-23(16-32)36-31(41)37-12-11-25-24(20-7-4-8-21(13-20)30(39)40)10-9-22(28(25)18-37)17-35-29(38)27-14-26(27)19-5-2-1-3-6-19/h1-10,13,23,26-27H,11-12,14-18H2,(H,35,38)(H,36,41)(H,39,40)/t26-,27-/m0/s1. The number of nitrogens with zero attached hydrogens (tertiary/aromatic N) is 1. The van der Waals surface area contributed by atoms with Gasteiger partial charge in [0, 0.05) is 44.4 Å². The molecule has 212 valence electrons. The summed E-state index contributed by atoms with van der Waals surface area (Å²) in [5, 5.41) is 15.3. The van der Waals surface area contributed by atoms with Crippen molar-refractivity contribution in [3.05, 3.63) is 94.5 Å². The molecule has 9 heteroatoms. The summed E-state index contributed by atoms with van der Waals surface area (Å²) in [4.78, 5) is 39.2. The Kier molecular flexibility index (Phi) is 6.97. The van der Waals surface area contributed by atoms with Crippen LogP contribution in [-0.4, -0.2) is 46.4 Å². The highest BCUT2D eigenvalue weighted by molar-refractivity contribution is 5.90. The summed E-state index contributed by atoms with van der Waals surface area (Å²) in [5.41, 5.74) is 5.73. The SMILES string of the molecule is O=C(O)c1cccc(-c2ccc(CNC(=O)[C@H]3C[C@H]3c3ccccc3)c3c2CCN(C(=O)NC2CC(F)(F)C2)C3)c1. The monoisotopic (exact) mass is 559 g/mol. The number of nitrogens with one attached hydrogen (secondary N) is 2. The van der Waals surface area contributed by atoms with Crippen LogP contribution in [0.3, 0.4) is 0 Å². The summed E-state index contributed by atoms with van der Waals surface area (Å²) in [6, 6.07) is 19.6. The van der Waals surface area contributed by atoms with Crippen molar-refractivity contribution < 1.29 is 28.3 Å². The fraction of sp³-hybridized carbons (Fsp3) is 0.344. The van der Waals surface area contributed by atoms with Gasteiger partial charge in [0.1, 0.15) is 0 Å². The van der Waals surface area contributed by atoms with Gasteiger partial charge in [-0.1, -0.05) is 54.6 Å². The Morgan fingerprint density at radius 2 is 1.76 bits per heavy atom. The maximum Gasteiger partial charge on any atom is 0.335 e. The Bertz CT molecular complexity index is 1500. The summed E-state index contributed by atoms with van der Waals surface area (Å²) >= 11 is 0. The predicted molar refractivity (Wildman–Crippen MR) is 149 cm³/mol. The molecule has 3 aromatic rings. The Labute approximate surface area is 236 Å². The molecule has 2 atom stereocenters. The van der Waals surface area contributed by atoms with E-state index in [4.69, 9.17) is 0 Å². The zero-order chi connectivity index (χ0) is 28.7. The van der Waals surface area contributed by atoms with Crippen LogP contribution in [0.25, 0.3) is 11.1 Å². The molecule has 0 spiro atoms. The van der Waals surface area contributed by atoms with E-state index in [0.29, 0.717) is 19.5 Å². The van der Waals surface area contributed by atoms with Crippen LogP contribution >= 0.6 is 0 Å². The number of rotatable bonds is 7. The molecule has 2 aliphatic carbocycles. The van der Waals surface area contributed by atoms with Crippen LogP contribution in [0.5, 0.6) is 0 Å². The number of alkyl halides is 2. The summed E-state index contributed by atoms with van der Waals surface area (Å²) in [6.07, 6.45) is 0.614. The second-order valence-corrected chi connectivity index (χ2v) is 11.3. The van der Waals surface area contributed by atoms with Crippen molar-refractivity contribution in [3.8, 4) is 11.1 Å². The lowest BCUT2D eigenvalue weighted by molar-refractivity contribution is -0.122. The fourth-order valence-corrected chi connectivity index (χ4v) is 6.07. The minimum absolute atomic E-state index is 0.0119. The first kappa shape index (κ1) is 26.9. The van der Waals surface area contributed by atoms with Crippen molar-refractivity contribution in [3.63, 3.8) is 0 Å².